The molecule has 0 aromatic heterocycles. The number of nitrogens with one attached hydrogen (secondary N) is 2. The van der Waals surface area contributed by atoms with Crippen LogP contribution in [-0.2, 0) is 16.2 Å². The van der Waals surface area contributed by atoms with Gasteiger partial charge in [-0.1, -0.05) is 54.7 Å². The third-order valence-electron chi connectivity index (χ3n) is 3.65. The van der Waals surface area contributed by atoms with E-state index in [1.165, 1.54) is 6.21 Å². The molecule has 2 rings (SSSR count). The molecule has 0 aliphatic heterocycles. The number of unbranched alkanes of at least 4 members (excludes halogenated alkanes) is 1. The highest BCUT2D eigenvalue weighted by atomic mass is 35.5. The van der Waals surface area contributed by atoms with Crippen LogP contribution in [0.1, 0.15) is 30.9 Å². The standard InChI is InChI=1S/C20H21Cl2N3O3/c1-2-3-9-23-19(26)20(27)25-24-12-14-5-4-6-16(10-14)28-13-15-7-8-17(21)18(22)11-15/h4-8,10-12H,2-3,9,13H2,1H3,(H,23,26)(H,25,27)/b24-12-. The summed E-state index contributed by atoms with van der Waals surface area (Å²) in [7, 11) is 0. The fourth-order valence-electron chi connectivity index (χ4n) is 2.16. The van der Waals surface area contributed by atoms with Crippen LogP contribution >= 0.6 is 23.2 Å². The van der Waals surface area contributed by atoms with Gasteiger partial charge in [0.15, 0.2) is 0 Å². The smallest absolute Gasteiger partial charge is 0.329 e. The second kappa shape index (κ2) is 11.3. The molecule has 2 aromatic carbocycles. The van der Waals surface area contributed by atoms with Gasteiger partial charge >= 0.3 is 11.8 Å². The van der Waals surface area contributed by atoms with E-state index in [4.69, 9.17) is 27.9 Å². The van der Waals surface area contributed by atoms with Gasteiger partial charge in [-0.2, -0.15) is 5.10 Å². The summed E-state index contributed by atoms with van der Waals surface area (Å²) in [4.78, 5) is 23.2. The molecule has 0 spiro atoms. The Hall–Kier alpha value is -2.57. The number of amides is 2. The number of ether oxygens (including phenoxy) is 1. The van der Waals surface area contributed by atoms with Crippen molar-refractivity contribution in [2.45, 2.75) is 26.4 Å². The number of halogens is 2. The third-order valence-corrected chi connectivity index (χ3v) is 4.39. The number of carbonyl (C=O) groups excluding carboxylic acids is 2. The molecule has 0 heterocycles. The first kappa shape index (κ1) is 21.7. The van der Waals surface area contributed by atoms with Crippen LogP contribution in [0.5, 0.6) is 5.75 Å². The van der Waals surface area contributed by atoms with Crippen molar-refractivity contribution in [3.05, 3.63) is 63.6 Å². The van der Waals surface area contributed by atoms with E-state index in [1.54, 1.807) is 36.4 Å². The maximum Gasteiger partial charge on any atom is 0.329 e. The molecule has 8 heteroatoms. The van der Waals surface area contributed by atoms with Crippen LogP contribution in [0.3, 0.4) is 0 Å². The normalized spacial score (nSPS) is 10.7. The summed E-state index contributed by atoms with van der Waals surface area (Å²) >= 11 is 11.9. The van der Waals surface area contributed by atoms with Gasteiger partial charge in [0.1, 0.15) is 12.4 Å². The Kier molecular flexibility index (Phi) is 8.78. The molecule has 2 aromatic rings. The minimum atomic E-state index is -0.806. The number of rotatable bonds is 8. The molecule has 2 amide bonds. The van der Waals surface area contributed by atoms with E-state index in [0.29, 0.717) is 34.5 Å². The third kappa shape index (κ3) is 7.21. The maximum absolute atomic E-state index is 11.6. The van der Waals surface area contributed by atoms with Crippen molar-refractivity contribution < 1.29 is 14.3 Å². The topological polar surface area (TPSA) is 79.8 Å². The van der Waals surface area contributed by atoms with Crippen molar-refractivity contribution in [2.75, 3.05) is 6.54 Å². The SMILES string of the molecule is CCCCNC(=O)C(=O)N/N=C\c1cccc(OCc2ccc(Cl)c(Cl)c2)c1. The fourth-order valence-corrected chi connectivity index (χ4v) is 2.48. The zero-order valence-corrected chi connectivity index (χ0v) is 16.9. The Morgan fingerprint density at radius 3 is 2.68 bits per heavy atom. The van der Waals surface area contributed by atoms with Crippen LogP contribution in [-0.4, -0.2) is 24.6 Å². The second-order valence-electron chi connectivity index (χ2n) is 5.92. The Balaban J connectivity index is 1.86. The molecule has 0 radical (unpaired) electrons. The molecule has 0 bridgehead atoms. The van der Waals surface area contributed by atoms with Gasteiger partial charge in [0.2, 0.25) is 0 Å². The van der Waals surface area contributed by atoms with E-state index < -0.39 is 11.8 Å². The molecule has 0 atom stereocenters. The van der Waals surface area contributed by atoms with E-state index >= 15 is 0 Å². The van der Waals surface area contributed by atoms with Gasteiger partial charge in [0.05, 0.1) is 16.3 Å². The highest BCUT2D eigenvalue weighted by Crippen LogP contribution is 2.23. The van der Waals surface area contributed by atoms with Crippen LogP contribution < -0.4 is 15.5 Å². The minimum absolute atomic E-state index is 0.326. The van der Waals surface area contributed by atoms with Gasteiger partial charge in [-0.05, 0) is 41.8 Å². The van der Waals surface area contributed by atoms with E-state index in [2.05, 4.69) is 15.8 Å². The summed E-state index contributed by atoms with van der Waals surface area (Å²) in [6, 6.07) is 12.4. The Morgan fingerprint density at radius 2 is 1.93 bits per heavy atom. The van der Waals surface area contributed by atoms with Crippen LogP contribution in [0.25, 0.3) is 0 Å². The molecular formula is C20H21Cl2N3O3. The first-order valence-corrected chi connectivity index (χ1v) is 9.53. The van der Waals surface area contributed by atoms with Crippen molar-refractivity contribution in [2.24, 2.45) is 5.10 Å². The van der Waals surface area contributed by atoms with Crippen molar-refractivity contribution in [3.8, 4) is 5.75 Å². The first-order chi connectivity index (χ1) is 13.5. The lowest BCUT2D eigenvalue weighted by atomic mass is 10.2. The molecule has 148 valence electrons. The highest BCUT2D eigenvalue weighted by Gasteiger charge is 2.11. The Labute approximate surface area is 173 Å². The van der Waals surface area contributed by atoms with E-state index in [9.17, 15) is 9.59 Å². The number of nitrogens with zero attached hydrogens (tertiary/aromatic N) is 1. The van der Waals surface area contributed by atoms with Crippen LogP contribution in [0, 0.1) is 0 Å². The Bertz CT molecular complexity index is 856. The molecule has 0 unspecified atom stereocenters. The van der Waals surface area contributed by atoms with E-state index in [-0.39, 0.29) is 0 Å². The molecule has 0 saturated carbocycles. The molecule has 0 aliphatic rings. The number of hydrazone groups is 1. The monoisotopic (exact) mass is 421 g/mol. The molecule has 0 saturated heterocycles. The fraction of sp³-hybridized carbons (Fsp3) is 0.250. The first-order valence-electron chi connectivity index (χ1n) is 8.77. The molecule has 0 fully saturated rings. The van der Waals surface area contributed by atoms with Gasteiger partial charge in [0.25, 0.3) is 0 Å². The van der Waals surface area contributed by atoms with Crippen molar-refractivity contribution in [1.29, 1.82) is 0 Å². The molecule has 28 heavy (non-hydrogen) atoms. The van der Waals surface area contributed by atoms with Gasteiger partial charge in [-0.15, -0.1) is 0 Å². The van der Waals surface area contributed by atoms with Gasteiger partial charge < -0.3 is 10.1 Å². The van der Waals surface area contributed by atoms with Crippen molar-refractivity contribution in [3.63, 3.8) is 0 Å². The minimum Gasteiger partial charge on any atom is -0.489 e. The van der Waals surface area contributed by atoms with Crippen molar-refractivity contribution in [1.82, 2.24) is 10.7 Å². The predicted octanol–water partition coefficient (Wildman–Crippen LogP) is 3.94. The quantitative estimate of drug-likeness (QED) is 0.293. The summed E-state index contributed by atoms with van der Waals surface area (Å²) in [6.45, 7) is 2.79. The molecule has 2 N–H and O–H groups in total. The maximum atomic E-state index is 11.6. The number of carbonyl (C=O) groups is 2. The number of hydrogen-bond donors (Lipinski definition) is 2. The van der Waals surface area contributed by atoms with Crippen LogP contribution in [0.4, 0.5) is 0 Å². The summed E-state index contributed by atoms with van der Waals surface area (Å²) < 4.78 is 5.73. The highest BCUT2D eigenvalue weighted by molar-refractivity contribution is 6.42. The van der Waals surface area contributed by atoms with Gasteiger partial charge in [-0.3, -0.25) is 9.59 Å². The summed E-state index contributed by atoms with van der Waals surface area (Å²) in [5.41, 5.74) is 3.79. The lowest BCUT2D eigenvalue weighted by Crippen LogP contribution is -2.38. The van der Waals surface area contributed by atoms with Crippen LogP contribution in [0.2, 0.25) is 10.0 Å². The number of benzene rings is 2. The van der Waals surface area contributed by atoms with Gasteiger partial charge in [0, 0.05) is 6.54 Å². The number of hydrogen-bond acceptors (Lipinski definition) is 4. The Morgan fingerprint density at radius 1 is 1.11 bits per heavy atom. The zero-order valence-electron chi connectivity index (χ0n) is 15.4. The predicted molar refractivity (Wildman–Crippen MR) is 111 cm³/mol. The molecule has 6 nitrogen and oxygen atoms in total. The largest absolute Gasteiger partial charge is 0.489 e. The average molecular weight is 422 g/mol. The van der Waals surface area contributed by atoms with E-state index in [0.717, 1.165) is 18.4 Å². The molecular weight excluding hydrogens is 401 g/mol. The summed E-state index contributed by atoms with van der Waals surface area (Å²) in [5, 5.41) is 7.28. The lowest BCUT2D eigenvalue weighted by Gasteiger charge is -2.08. The summed E-state index contributed by atoms with van der Waals surface area (Å²) in [6.07, 6.45) is 3.18. The summed E-state index contributed by atoms with van der Waals surface area (Å²) in [5.74, 6) is -0.887. The molecule has 0 aliphatic carbocycles. The second-order valence-corrected chi connectivity index (χ2v) is 6.73. The zero-order chi connectivity index (χ0) is 20.4. The van der Waals surface area contributed by atoms with Gasteiger partial charge in [-0.25, -0.2) is 5.43 Å². The van der Waals surface area contributed by atoms with Crippen molar-refractivity contribution >= 4 is 41.2 Å². The van der Waals surface area contributed by atoms with Crippen LogP contribution in [0.15, 0.2) is 47.6 Å². The van der Waals surface area contributed by atoms with E-state index in [1.807, 2.05) is 13.0 Å². The lowest BCUT2D eigenvalue weighted by molar-refractivity contribution is -0.139. The average Bonchev–Trinajstić information content (AvgIpc) is 2.69.